The largest absolute Gasteiger partial charge is 0.478 e. The molecule has 0 aliphatic heterocycles. The van der Waals surface area contributed by atoms with Crippen molar-refractivity contribution in [3.63, 3.8) is 0 Å². The SMILES string of the molecule is CC.II.[C-]#[N+]c1cccc(C(=O)O)c1. The van der Waals surface area contributed by atoms with Gasteiger partial charge in [0.1, 0.15) is 0 Å². The number of hydrogen-bond acceptors (Lipinski definition) is 1. The van der Waals surface area contributed by atoms with Crippen LogP contribution in [0, 0.1) is 6.57 Å². The molecule has 0 heterocycles. The first kappa shape index (κ1) is 17.0. The third kappa shape index (κ3) is 7.56. The van der Waals surface area contributed by atoms with Crippen LogP contribution < -0.4 is 0 Å². The average Bonchev–Trinajstić information content (AvgIpc) is 2.34. The summed E-state index contributed by atoms with van der Waals surface area (Å²) in [5.74, 6) is -1.00. The Kier molecular flexibility index (Phi) is 13.3. The fourth-order valence-electron chi connectivity index (χ4n) is 0.708. The third-order valence-electron chi connectivity index (χ3n) is 1.22. The van der Waals surface area contributed by atoms with E-state index in [0.717, 1.165) is 0 Å². The van der Waals surface area contributed by atoms with Crippen molar-refractivity contribution in [2.45, 2.75) is 13.8 Å². The lowest BCUT2D eigenvalue weighted by atomic mass is 10.2. The number of halogens is 2. The molecule has 0 amide bonds. The number of aromatic carboxylic acids is 1. The second kappa shape index (κ2) is 11.7. The fraction of sp³-hybridized carbons (Fsp3) is 0.200. The van der Waals surface area contributed by atoms with E-state index in [9.17, 15) is 4.79 Å². The molecule has 15 heavy (non-hydrogen) atoms. The highest BCUT2D eigenvalue weighted by Crippen LogP contribution is 2.13. The summed E-state index contributed by atoms with van der Waals surface area (Å²) in [6.45, 7) is 10.6. The number of carboxylic acid groups (broad SMARTS) is 1. The quantitative estimate of drug-likeness (QED) is 0.516. The summed E-state index contributed by atoms with van der Waals surface area (Å²) in [6, 6.07) is 5.92. The van der Waals surface area contributed by atoms with Crippen molar-refractivity contribution in [2.75, 3.05) is 0 Å². The Morgan fingerprint density at radius 2 is 1.93 bits per heavy atom. The number of carboxylic acids is 1. The minimum absolute atomic E-state index is 0.151. The van der Waals surface area contributed by atoms with Gasteiger partial charge in [-0.3, -0.25) is 0 Å². The van der Waals surface area contributed by atoms with Gasteiger partial charge in [-0.05, 0) is 6.07 Å². The molecule has 5 heteroatoms. The second-order valence-corrected chi connectivity index (χ2v) is 1.97. The van der Waals surface area contributed by atoms with Crippen molar-refractivity contribution in [2.24, 2.45) is 0 Å². The van der Waals surface area contributed by atoms with Crippen LogP contribution >= 0.6 is 37.2 Å². The lowest BCUT2D eigenvalue weighted by molar-refractivity contribution is 0.0697. The van der Waals surface area contributed by atoms with Crippen LogP contribution in [0.15, 0.2) is 24.3 Å². The molecule has 0 saturated carbocycles. The van der Waals surface area contributed by atoms with E-state index in [-0.39, 0.29) is 5.56 Å². The summed E-state index contributed by atoms with van der Waals surface area (Å²) >= 11 is 4.24. The first-order chi connectivity index (χ1) is 7.24. The Morgan fingerprint density at radius 1 is 1.40 bits per heavy atom. The Hall–Kier alpha value is -0.360. The number of rotatable bonds is 1. The van der Waals surface area contributed by atoms with E-state index in [0.29, 0.717) is 5.69 Å². The van der Waals surface area contributed by atoms with Crippen LogP contribution in [0.25, 0.3) is 4.85 Å². The van der Waals surface area contributed by atoms with Crippen molar-refractivity contribution in [1.82, 2.24) is 0 Å². The highest BCUT2D eigenvalue weighted by molar-refractivity contribution is 15.0. The minimum atomic E-state index is -1.00. The highest BCUT2D eigenvalue weighted by atomic mass is 128. The number of nitrogens with zero attached hydrogens (tertiary/aromatic N) is 1. The van der Waals surface area contributed by atoms with Gasteiger partial charge in [-0.15, -0.1) is 0 Å². The van der Waals surface area contributed by atoms with Crippen LogP contribution in [-0.2, 0) is 0 Å². The summed E-state index contributed by atoms with van der Waals surface area (Å²) in [4.78, 5) is 13.5. The first-order valence-corrected chi connectivity index (χ1v) is 10.4. The molecule has 0 aliphatic carbocycles. The predicted molar refractivity (Wildman–Crippen MR) is 79.1 cm³/mol. The normalized spacial score (nSPS) is 7.13. The number of carbonyl (C=O) groups is 1. The van der Waals surface area contributed by atoms with Gasteiger partial charge in [-0.1, -0.05) is 32.0 Å². The van der Waals surface area contributed by atoms with E-state index in [4.69, 9.17) is 11.7 Å². The van der Waals surface area contributed by atoms with Gasteiger partial charge in [-0.25, -0.2) is 9.64 Å². The van der Waals surface area contributed by atoms with Crippen LogP contribution in [-0.4, -0.2) is 11.1 Å². The second-order valence-electron chi connectivity index (χ2n) is 1.97. The van der Waals surface area contributed by atoms with Crippen LogP contribution in [0.4, 0.5) is 5.69 Å². The van der Waals surface area contributed by atoms with Gasteiger partial charge in [0.15, 0.2) is 5.69 Å². The van der Waals surface area contributed by atoms with E-state index >= 15 is 0 Å². The maximum Gasteiger partial charge on any atom is 0.334 e. The number of hydrogen-bond donors (Lipinski definition) is 1. The maximum atomic E-state index is 10.4. The van der Waals surface area contributed by atoms with Gasteiger partial charge in [0.25, 0.3) is 0 Å². The lowest BCUT2D eigenvalue weighted by Gasteiger charge is -1.92. The zero-order valence-corrected chi connectivity index (χ0v) is 12.7. The third-order valence-corrected chi connectivity index (χ3v) is 1.22. The Balaban J connectivity index is 0. The molecule has 1 aromatic rings. The molecule has 0 atom stereocenters. The smallest absolute Gasteiger partial charge is 0.334 e. The Bertz CT molecular complexity index is 334. The van der Waals surface area contributed by atoms with Gasteiger partial charge in [0.05, 0.1) is 6.57 Å². The summed E-state index contributed by atoms with van der Waals surface area (Å²) in [5.41, 5.74) is 0.503. The van der Waals surface area contributed by atoms with E-state index in [1.165, 1.54) is 12.1 Å². The maximum absolute atomic E-state index is 10.4. The van der Waals surface area contributed by atoms with Crippen molar-refractivity contribution in [3.8, 4) is 0 Å². The van der Waals surface area contributed by atoms with E-state index < -0.39 is 5.97 Å². The van der Waals surface area contributed by atoms with E-state index in [2.05, 4.69) is 42.1 Å². The molecule has 0 aliphatic rings. The Morgan fingerprint density at radius 3 is 2.33 bits per heavy atom. The van der Waals surface area contributed by atoms with Gasteiger partial charge >= 0.3 is 5.97 Å². The standard InChI is InChI=1S/C8H5NO2.C2H6.I2/c1-9-7-4-2-3-6(5-7)8(10)11;2*1-2/h2-5H,(H,10,11);1-2H3;. The molecular weight excluding hydrogens is 420 g/mol. The zero-order chi connectivity index (χ0) is 12.3. The molecule has 1 aromatic carbocycles. The van der Waals surface area contributed by atoms with Gasteiger partial charge in [0.2, 0.25) is 0 Å². The van der Waals surface area contributed by atoms with Gasteiger partial charge < -0.3 is 5.11 Å². The van der Waals surface area contributed by atoms with Gasteiger partial charge in [-0.2, -0.15) is 0 Å². The molecule has 0 aromatic heterocycles. The summed E-state index contributed by atoms with van der Waals surface area (Å²) in [5, 5.41) is 8.50. The molecule has 0 spiro atoms. The Labute approximate surface area is 113 Å². The average molecular weight is 431 g/mol. The fourth-order valence-corrected chi connectivity index (χ4v) is 0.708. The van der Waals surface area contributed by atoms with Crippen molar-refractivity contribution in [1.29, 1.82) is 0 Å². The topological polar surface area (TPSA) is 41.7 Å². The van der Waals surface area contributed by atoms with Crippen molar-refractivity contribution < 1.29 is 9.90 Å². The van der Waals surface area contributed by atoms with E-state index in [1.807, 2.05) is 13.8 Å². The molecule has 0 radical (unpaired) electrons. The van der Waals surface area contributed by atoms with Crippen LogP contribution in [0.3, 0.4) is 0 Å². The van der Waals surface area contributed by atoms with Crippen LogP contribution in [0.2, 0.25) is 0 Å². The molecule has 0 bridgehead atoms. The minimum Gasteiger partial charge on any atom is -0.478 e. The van der Waals surface area contributed by atoms with Crippen molar-refractivity contribution >= 4 is 48.9 Å². The molecule has 0 saturated heterocycles. The molecular formula is C10H11I2NO2. The van der Waals surface area contributed by atoms with Crippen molar-refractivity contribution in [3.05, 3.63) is 41.2 Å². The first-order valence-electron chi connectivity index (χ1n) is 4.09. The van der Waals surface area contributed by atoms with Gasteiger partial charge in [0, 0.05) is 42.8 Å². The molecule has 82 valence electrons. The summed E-state index contributed by atoms with van der Waals surface area (Å²) in [6.07, 6.45) is 0. The van der Waals surface area contributed by atoms with E-state index in [1.54, 1.807) is 12.1 Å². The van der Waals surface area contributed by atoms with Crippen LogP contribution in [0.5, 0.6) is 0 Å². The van der Waals surface area contributed by atoms with Crippen LogP contribution in [0.1, 0.15) is 24.2 Å². The summed E-state index contributed by atoms with van der Waals surface area (Å²) in [7, 11) is 0. The lowest BCUT2D eigenvalue weighted by Crippen LogP contribution is -1.93. The molecule has 1 N–H and O–H groups in total. The predicted octanol–water partition coefficient (Wildman–Crippen LogP) is 4.73. The molecule has 3 nitrogen and oxygen atoms in total. The zero-order valence-electron chi connectivity index (χ0n) is 8.37. The molecule has 0 fully saturated rings. The monoisotopic (exact) mass is 431 g/mol. The molecule has 1 rings (SSSR count). The highest BCUT2D eigenvalue weighted by Gasteiger charge is 2.01. The summed E-state index contributed by atoms with van der Waals surface area (Å²) < 4.78 is 0. The number of benzene rings is 1. The molecule has 0 unspecified atom stereocenters.